The summed E-state index contributed by atoms with van der Waals surface area (Å²) >= 11 is 1.39. The van der Waals surface area contributed by atoms with Crippen LogP contribution in [0.4, 0.5) is 5.69 Å². The molecule has 1 aliphatic heterocycles. The lowest BCUT2D eigenvalue weighted by molar-refractivity contribution is -0.138. The van der Waals surface area contributed by atoms with Gasteiger partial charge in [-0.15, -0.1) is 0 Å². The molecular formula is C13H12N2O2S. The van der Waals surface area contributed by atoms with Crippen molar-refractivity contribution >= 4 is 23.4 Å². The van der Waals surface area contributed by atoms with Gasteiger partial charge in [-0.3, -0.25) is 0 Å². The SMILES string of the molecule is CC1=C(C(=O)OCCC#N)Sc2ccccc2N1. The van der Waals surface area contributed by atoms with E-state index in [2.05, 4.69) is 5.32 Å². The topological polar surface area (TPSA) is 62.1 Å². The number of nitrogens with zero attached hydrogens (tertiary/aromatic N) is 1. The molecule has 0 bridgehead atoms. The fourth-order valence-electron chi connectivity index (χ4n) is 1.55. The molecule has 0 spiro atoms. The number of allylic oxidation sites excluding steroid dienone is 1. The summed E-state index contributed by atoms with van der Waals surface area (Å²) in [4.78, 5) is 13.4. The molecule has 4 nitrogen and oxygen atoms in total. The van der Waals surface area contributed by atoms with Crippen molar-refractivity contribution in [2.45, 2.75) is 18.2 Å². The Morgan fingerprint density at radius 3 is 3.06 bits per heavy atom. The molecule has 5 heteroatoms. The Morgan fingerprint density at radius 1 is 1.50 bits per heavy atom. The third-order valence-corrected chi connectivity index (χ3v) is 3.65. The van der Waals surface area contributed by atoms with Crippen LogP contribution in [0.3, 0.4) is 0 Å². The standard InChI is InChI=1S/C13H12N2O2S/c1-9-12(13(16)17-8-4-7-14)18-11-6-3-2-5-10(11)15-9/h2-3,5-6,15H,4,8H2,1H3. The fraction of sp³-hybridized carbons (Fsp3) is 0.231. The van der Waals surface area contributed by atoms with Gasteiger partial charge in [0.05, 0.1) is 18.2 Å². The number of hydrogen-bond acceptors (Lipinski definition) is 5. The number of hydrogen-bond donors (Lipinski definition) is 1. The molecule has 0 aromatic heterocycles. The van der Waals surface area contributed by atoms with E-state index in [1.165, 1.54) is 11.8 Å². The zero-order valence-corrected chi connectivity index (χ0v) is 10.7. The van der Waals surface area contributed by atoms with E-state index in [0.717, 1.165) is 16.3 Å². The van der Waals surface area contributed by atoms with Gasteiger partial charge in [0.2, 0.25) is 0 Å². The summed E-state index contributed by atoms with van der Waals surface area (Å²) in [7, 11) is 0. The summed E-state index contributed by atoms with van der Waals surface area (Å²) < 4.78 is 5.03. The van der Waals surface area contributed by atoms with Gasteiger partial charge in [-0.05, 0) is 19.1 Å². The summed E-state index contributed by atoms with van der Waals surface area (Å²) in [6.07, 6.45) is 0.215. The number of nitrogens with one attached hydrogen (secondary N) is 1. The molecule has 0 unspecified atom stereocenters. The van der Waals surface area contributed by atoms with Gasteiger partial charge in [-0.1, -0.05) is 23.9 Å². The number of rotatable bonds is 3. The van der Waals surface area contributed by atoms with Crippen LogP contribution in [0.2, 0.25) is 0 Å². The highest BCUT2D eigenvalue weighted by atomic mass is 32.2. The van der Waals surface area contributed by atoms with Gasteiger partial charge in [0, 0.05) is 10.6 Å². The first kappa shape index (κ1) is 12.5. The first-order valence-electron chi connectivity index (χ1n) is 5.51. The van der Waals surface area contributed by atoms with Crippen molar-refractivity contribution in [2.24, 2.45) is 0 Å². The molecular weight excluding hydrogens is 248 g/mol. The van der Waals surface area contributed by atoms with E-state index in [4.69, 9.17) is 10.00 Å². The van der Waals surface area contributed by atoms with E-state index in [1.54, 1.807) is 0 Å². The zero-order valence-electron chi connectivity index (χ0n) is 9.90. The summed E-state index contributed by atoms with van der Waals surface area (Å²) in [5.74, 6) is -0.380. The van der Waals surface area contributed by atoms with Gasteiger partial charge in [-0.2, -0.15) is 5.26 Å². The predicted molar refractivity (Wildman–Crippen MR) is 69.8 cm³/mol. The molecule has 1 heterocycles. The summed E-state index contributed by atoms with van der Waals surface area (Å²) in [6, 6.07) is 9.71. The molecule has 0 atom stereocenters. The van der Waals surface area contributed by atoms with Crippen molar-refractivity contribution < 1.29 is 9.53 Å². The Morgan fingerprint density at radius 2 is 2.28 bits per heavy atom. The molecule has 18 heavy (non-hydrogen) atoms. The van der Waals surface area contributed by atoms with Crippen LogP contribution in [0.5, 0.6) is 0 Å². The number of nitriles is 1. The monoisotopic (exact) mass is 260 g/mol. The number of thioether (sulfide) groups is 1. The summed E-state index contributed by atoms with van der Waals surface area (Å²) in [5, 5.41) is 11.6. The van der Waals surface area contributed by atoms with Gasteiger partial charge in [-0.25, -0.2) is 4.79 Å². The maximum Gasteiger partial charge on any atom is 0.346 e. The first-order valence-corrected chi connectivity index (χ1v) is 6.33. The summed E-state index contributed by atoms with van der Waals surface area (Å²) in [5.41, 5.74) is 1.77. The first-order chi connectivity index (χ1) is 8.72. The number of ether oxygens (including phenoxy) is 1. The smallest absolute Gasteiger partial charge is 0.346 e. The van der Waals surface area contributed by atoms with Crippen LogP contribution >= 0.6 is 11.8 Å². The highest BCUT2D eigenvalue weighted by Crippen LogP contribution is 2.39. The van der Waals surface area contributed by atoms with Crippen molar-refractivity contribution in [1.29, 1.82) is 5.26 Å². The molecule has 0 saturated heterocycles. The third-order valence-electron chi connectivity index (χ3n) is 2.39. The molecule has 0 saturated carbocycles. The van der Waals surface area contributed by atoms with E-state index in [0.29, 0.717) is 4.91 Å². The maximum atomic E-state index is 11.8. The molecule has 1 N–H and O–H groups in total. The van der Waals surface area contributed by atoms with Crippen LogP contribution in [0.25, 0.3) is 0 Å². The lowest BCUT2D eigenvalue weighted by atomic mass is 10.3. The second-order valence-electron chi connectivity index (χ2n) is 3.72. The molecule has 0 aliphatic carbocycles. The van der Waals surface area contributed by atoms with Gasteiger partial charge < -0.3 is 10.1 Å². The van der Waals surface area contributed by atoms with Crippen molar-refractivity contribution in [3.05, 3.63) is 34.9 Å². The fourth-order valence-corrected chi connectivity index (χ4v) is 2.50. The predicted octanol–water partition coefficient (Wildman–Crippen LogP) is 2.89. The highest BCUT2D eigenvalue weighted by Gasteiger charge is 2.22. The summed E-state index contributed by atoms with van der Waals surface area (Å²) in [6.45, 7) is 1.97. The van der Waals surface area contributed by atoms with E-state index in [1.807, 2.05) is 37.3 Å². The van der Waals surface area contributed by atoms with Gasteiger partial charge >= 0.3 is 5.97 Å². The quantitative estimate of drug-likeness (QED) is 0.668. The Bertz CT molecular complexity index is 546. The maximum absolute atomic E-state index is 11.8. The van der Waals surface area contributed by atoms with Crippen molar-refractivity contribution in [3.8, 4) is 6.07 Å². The number of anilines is 1. The minimum atomic E-state index is -0.380. The molecule has 2 rings (SSSR count). The average molecular weight is 260 g/mol. The van der Waals surface area contributed by atoms with Crippen molar-refractivity contribution in [2.75, 3.05) is 11.9 Å². The van der Waals surface area contributed by atoms with Crippen molar-refractivity contribution in [3.63, 3.8) is 0 Å². The number of fused-ring (bicyclic) bond motifs is 1. The molecule has 0 radical (unpaired) electrons. The number of esters is 1. The molecule has 0 fully saturated rings. The number of para-hydroxylation sites is 1. The minimum absolute atomic E-state index is 0.133. The number of carbonyl (C=O) groups is 1. The van der Waals surface area contributed by atoms with Crippen LogP contribution < -0.4 is 5.32 Å². The van der Waals surface area contributed by atoms with E-state index < -0.39 is 0 Å². The lowest BCUT2D eigenvalue weighted by Crippen LogP contribution is -2.14. The Hall–Kier alpha value is -1.93. The Kier molecular flexibility index (Phi) is 3.90. The normalized spacial score (nSPS) is 13.3. The number of carbonyl (C=O) groups excluding carboxylic acids is 1. The van der Waals surface area contributed by atoms with Crippen LogP contribution in [0, 0.1) is 11.3 Å². The largest absolute Gasteiger partial charge is 0.461 e. The lowest BCUT2D eigenvalue weighted by Gasteiger charge is -2.20. The van der Waals surface area contributed by atoms with Crippen LogP contribution in [0.1, 0.15) is 13.3 Å². The van der Waals surface area contributed by atoms with Gasteiger partial charge in [0.1, 0.15) is 11.5 Å². The second kappa shape index (κ2) is 5.61. The Labute approximate surface area is 110 Å². The van der Waals surface area contributed by atoms with Gasteiger partial charge in [0.15, 0.2) is 0 Å². The van der Waals surface area contributed by atoms with Crippen LogP contribution in [0.15, 0.2) is 39.8 Å². The van der Waals surface area contributed by atoms with E-state index in [9.17, 15) is 4.79 Å². The van der Waals surface area contributed by atoms with Gasteiger partial charge in [0.25, 0.3) is 0 Å². The van der Waals surface area contributed by atoms with E-state index >= 15 is 0 Å². The molecule has 1 aromatic rings. The highest BCUT2D eigenvalue weighted by molar-refractivity contribution is 8.04. The van der Waals surface area contributed by atoms with Crippen molar-refractivity contribution in [1.82, 2.24) is 0 Å². The zero-order chi connectivity index (χ0) is 13.0. The average Bonchev–Trinajstić information content (AvgIpc) is 2.38. The number of benzene rings is 1. The van der Waals surface area contributed by atoms with Crippen LogP contribution in [-0.4, -0.2) is 12.6 Å². The molecule has 1 aromatic carbocycles. The second-order valence-corrected chi connectivity index (χ2v) is 4.77. The van der Waals surface area contributed by atoms with Crippen LogP contribution in [-0.2, 0) is 9.53 Å². The molecule has 0 amide bonds. The van der Waals surface area contributed by atoms with E-state index in [-0.39, 0.29) is 19.0 Å². The molecule has 92 valence electrons. The Balaban J connectivity index is 2.11. The minimum Gasteiger partial charge on any atom is -0.461 e. The third kappa shape index (κ3) is 2.66. The molecule has 1 aliphatic rings.